The van der Waals surface area contributed by atoms with Gasteiger partial charge in [0.1, 0.15) is 5.78 Å². The molecule has 156 valence electrons. The van der Waals surface area contributed by atoms with Gasteiger partial charge in [-0.25, -0.2) is 0 Å². The van der Waals surface area contributed by atoms with Crippen molar-refractivity contribution in [3.63, 3.8) is 0 Å². The topological polar surface area (TPSA) is 102 Å². The Morgan fingerprint density at radius 2 is 1.64 bits per heavy atom. The fourth-order valence-corrected chi connectivity index (χ4v) is 2.24. The predicted octanol–water partition coefficient (Wildman–Crippen LogP) is 0.850. The van der Waals surface area contributed by atoms with Gasteiger partial charge in [-0.15, -0.1) is 12.3 Å². The van der Waals surface area contributed by atoms with Crippen molar-refractivity contribution in [3.8, 4) is 12.3 Å². The quantitative estimate of drug-likeness (QED) is 0.251. The third-order valence-electron chi connectivity index (χ3n) is 3.70. The Hall–Kier alpha value is -2.50. The standard InChI is InChI=1S/C19H26N2O6.CH4/c1-2-3-6-17(23)20-10-13-27-15-14-26-12-4-5-16(22)9-11-21-18(24)7-8-19(21)25;/h1,7-8H,3-6,9-15H2,(H,20,23);1H4. The highest BCUT2D eigenvalue weighted by atomic mass is 16.5. The van der Waals surface area contributed by atoms with E-state index in [0.717, 1.165) is 4.90 Å². The van der Waals surface area contributed by atoms with Crippen molar-refractivity contribution in [1.29, 1.82) is 0 Å². The van der Waals surface area contributed by atoms with Gasteiger partial charge in [0.15, 0.2) is 0 Å². The van der Waals surface area contributed by atoms with Crippen molar-refractivity contribution in [2.45, 2.75) is 39.5 Å². The van der Waals surface area contributed by atoms with E-state index in [-0.39, 0.29) is 43.9 Å². The molecular weight excluding hydrogens is 364 g/mol. The third-order valence-corrected chi connectivity index (χ3v) is 3.70. The van der Waals surface area contributed by atoms with Crippen molar-refractivity contribution in [3.05, 3.63) is 12.2 Å². The summed E-state index contributed by atoms with van der Waals surface area (Å²) in [6, 6.07) is 0. The van der Waals surface area contributed by atoms with Crippen LogP contribution in [0.15, 0.2) is 12.2 Å². The van der Waals surface area contributed by atoms with Crippen molar-refractivity contribution in [2.24, 2.45) is 0 Å². The molecule has 3 amide bonds. The number of ketones is 1. The molecule has 8 nitrogen and oxygen atoms in total. The smallest absolute Gasteiger partial charge is 0.253 e. The largest absolute Gasteiger partial charge is 0.379 e. The zero-order valence-electron chi connectivity index (χ0n) is 15.4. The zero-order chi connectivity index (χ0) is 19.9. The minimum Gasteiger partial charge on any atom is -0.379 e. The van der Waals surface area contributed by atoms with E-state index in [1.165, 1.54) is 12.2 Å². The maximum atomic E-state index is 11.7. The normalized spacial score (nSPS) is 12.6. The first-order valence-corrected chi connectivity index (χ1v) is 8.95. The lowest BCUT2D eigenvalue weighted by Gasteiger charge is -2.12. The van der Waals surface area contributed by atoms with E-state index in [1.54, 1.807) is 0 Å². The second-order valence-corrected chi connectivity index (χ2v) is 5.83. The third kappa shape index (κ3) is 11.3. The van der Waals surface area contributed by atoms with Crippen LogP contribution in [0.4, 0.5) is 0 Å². The maximum absolute atomic E-state index is 11.7. The van der Waals surface area contributed by atoms with E-state index in [0.29, 0.717) is 58.7 Å². The van der Waals surface area contributed by atoms with Crippen LogP contribution in [0.2, 0.25) is 0 Å². The second-order valence-electron chi connectivity index (χ2n) is 5.83. The molecule has 0 aliphatic carbocycles. The number of carbonyl (C=O) groups is 4. The summed E-state index contributed by atoms with van der Waals surface area (Å²) in [5, 5.41) is 2.69. The Bertz CT molecular complexity index is 576. The Morgan fingerprint density at radius 1 is 1.00 bits per heavy atom. The zero-order valence-corrected chi connectivity index (χ0v) is 15.4. The summed E-state index contributed by atoms with van der Waals surface area (Å²) in [5.74, 6) is 1.56. The van der Waals surface area contributed by atoms with Gasteiger partial charge in [-0.2, -0.15) is 0 Å². The highest BCUT2D eigenvalue weighted by Crippen LogP contribution is 2.06. The highest BCUT2D eigenvalue weighted by Gasteiger charge is 2.23. The van der Waals surface area contributed by atoms with E-state index < -0.39 is 0 Å². The van der Waals surface area contributed by atoms with Crippen molar-refractivity contribution in [1.82, 2.24) is 10.2 Å². The number of ether oxygens (including phenoxy) is 2. The summed E-state index contributed by atoms with van der Waals surface area (Å²) in [5.41, 5.74) is 0. The molecule has 0 atom stereocenters. The fourth-order valence-electron chi connectivity index (χ4n) is 2.24. The number of nitrogens with one attached hydrogen (secondary N) is 1. The van der Waals surface area contributed by atoms with E-state index >= 15 is 0 Å². The van der Waals surface area contributed by atoms with E-state index in [9.17, 15) is 19.2 Å². The molecule has 1 aliphatic rings. The number of nitrogens with zero attached hydrogens (tertiary/aromatic N) is 1. The molecule has 0 bridgehead atoms. The molecule has 0 aromatic heterocycles. The molecule has 1 rings (SSSR count). The molecule has 0 saturated carbocycles. The number of rotatable bonds is 15. The van der Waals surface area contributed by atoms with Crippen LogP contribution >= 0.6 is 0 Å². The molecule has 8 heteroatoms. The van der Waals surface area contributed by atoms with Crippen LogP contribution in [0.1, 0.15) is 39.5 Å². The Morgan fingerprint density at radius 3 is 2.29 bits per heavy atom. The first-order valence-electron chi connectivity index (χ1n) is 8.95. The average molecular weight is 394 g/mol. The molecule has 1 aliphatic heterocycles. The van der Waals surface area contributed by atoms with E-state index in [2.05, 4.69) is 11.2 Å². The molecule has 0 spiro atoms. The van der Waals surface area contributed by atoms with Crippen LogP contribution in [-0.2, 0) is 28.7 Å². The van der Waals surface area contributed by atoms with Crippen LogP contribution in [0.25, 0.3) is 0 Å². The number of carbonyl (C=O) groups excluding carboxylic acids is 4. The number of hydrogen-bond acceptors (Lipinski definition) is 6. The summed E-state index contributed by atoms with van der Waals surface area (Å²) < 4.78 is 10.7. The van der Waals surface area contributed by atoms with E-state index in [1.807, 2.05) is 0 Å². The molecule has 0 radical (unpaired) electrons. The van der Waals surface area contributed by atoms with Crippen molar-refractivity contribution < 1.29 is 28.7 Å². The van der Waals surface area contributed by atoms with Gasteiger partial charge in [0.2, 0.25) is 5.91 Å². The molecule has 0 fully saturated rings. The van der Waals surface area contributed by atoms with Crippen LogP contribution in [0, 0.1) is 12.3 Å². The van der Waals surface area contributed by atoms with Crippen molar-refractivity contribution in [2.75, 3.05) is 39.5 Å². The first kappa shape index (κ1) is 25.5. The molecule has 0 saturated heterocycles. The van der Waals surface area contributed by atoms with Crippen LogP contribution in [0.3, 0.4) is 0 Å². The summed E-state index contributed by atoms with van der Waals surface area (Å²) in [6.07, 6.45) is 9.30. The summed E-state index contributed by atoms with van der Waals surface area (Å²) >= 11 is 0. The monoisotopic (exact) mass is 394 g/mol. The fraction of sp³-hybridized carbons (Fsp3) is 0.600. The van der Waals surface area contributed by atoms with E-state index in [4.69, 9.17) is 15.9 Å². The lowest BCUT2D eigenvalue weighted by Crippen LogP contribution is -2.32. The lowest BCUT2D eigenvalue weighted by atomic mass is 10.1. The molecule has 28 heavy (non-hydrogen) atoms. The van der Waals surface area contributed by atoms with Gasteiger partial charge in [0, 0.05) is 57.5 Å². The van der Waals surface area contributed by atoms with Gasteiger partial charge in [0.25, 0.3) is 11.8 Å². The summed E-state index contributed by atoms with van der Waals surface area (Å²) in [7, 11) is 0. The Kier molecular flexibility index (Phi) is 14.2. The van der Waals surface area contributed by atoms with Crippen LogP contribution in [-0.4, -0.2) is 67.9 Å². The second kappa shape index (κ2) is 15.5. The van der Waals surface area contributed by atoms with Crippen LogP contribution < -0.4 is 5.32 Å². The number of hydrogen-bond donors (Lipinski definition) is 1. The number of imide groups is 1. The molecule has 0 aromatic carbocycles. The lowest BCUT2D eigenvalue weighted by molar-refractivity contribution is -0.137. The average Bonchev–Trinajstić information content (AvgIpc) is 2.97. The SMILES string of the molecule is C.C#CCCC(=O)NCCOCCOCCCC(=O)CCN1C(=O)C=CC1=O. The van der Waals surface area contributed by atoms with Gasteiger partial charge < -0.3 is 14.8 Å². The molecule has 0 aromatic rings. The minimum absolute atomic E-state index is 0. The van der Waals surface area contributed by atoms with Crippen LogP contribution in [0.5, 0.6) is 0 Å². The first-order chi connectivity index (χ1) is 13.0. The van der Waals surface area contributed by atoms with Crippen molar-refractivity contribution >= 4 is 23.5 Å². The van der Waals surface area contributed by atoms with Gasteiger partial charge >= 0.3 is 0 Å². The molecular formula is C20H30N2O6. The Balaban J connectivity index is 0.00000729. The van der Waals surface area contributed by atoms with Gasteiger partial charge in [-0.1, -0.05) is 7.43 Å². The number of amides is 3. The minimum atomic E-state index is -0.372. The highest BCUT2D eigenvalue weighted by molar-refractivity contribution is 6.13. The predicted molar refractivity (Wildman–Crippen MR) is 104 cm³/mol. The van der Waals surface area contributed by atoms with Gasteiger partial charge in [0.05, 0.1) is 19.8 Å². The Labute approximate surface area is 166 Å². The molecule has 1 heterocycles. The number of terminal acetylenes is 1. The molecule has 0 unspecified atom stereocenters. The number of Topliss-reactive ketones (excluding diaryl/α,β-unsaturated/α-hetero) is 1. The maximum Gasteiger partial charge on any atom is 0.253 e. The van der Waals surface area contributed by atoms with Gasteiger partial charge in [-0.05, 0) is 6.42 Å². The van der Waals surface area contributed by atoms with Gasteiger partial charge in [-0.3, -0.25) is 24.1 Å². The summed E-state index contributed by atoms with van der Waals surface area (Å²) in [4.78, 5) is 46.8. The summed E-state index contributed by atoms with van der Waals surface area (Å²) in [6.45, 7) is 2.18. The molecule has 1 N–H and O–H groups in total.